The van der Waals surface area contributed by atoms with Gasteiger partial charge >= 0.3 is 5.97 Å². The number of methoxy groups -OCH3 is 1. The highest BCUT2D eigenvalue weighted by atomic mass is 16.5. The largest absolute Gasteiger partial charge is 0.497 e. The molecule has 0 aliphatic carbocycles. The maximum absolute atomic E-state index is 11.6. The van der Waals surface area contributed by atoms with E-state index in [0.29, 0.717) is 6.61 Å². The van der Waals surface area contributed by atoms with E-state index in [1.807, 2.05) is 38.1 Å². The number of ether oxygens (including phenoxy) is 2. The molecule has 3 nitrogen and oxygen atoms in total. The van der Waals surface area contributed by atoms with E-state index in [9.17, 15) is 4.79 Å². The maximum Gasteiger partial charge on any atom is 0.313 e. The molecule has 1 aromatic rings. The Morgan fingerprint density at radius 2 is 2.19 bits per heavy atom. The Balaban J connectivity index is 2.71. The van der Waals surface area contributed by atoms with Gasteiger partial charge in [-0.2, -0.15) is 0 Å². The molecule has 0 aliphatic heterocycles. The third kappa shape index (κ3) is 3.26. The van der Waals surface area contributed by atoms with Gasteiger partial charge in [0, 0.05) is 0 Å². The second-order valence-electron chi connectivity index (χ2n) is 3.67. The van der Waals surface area contributed by atoms with Gasteiger partial charge in [-0.15, -0.1) is 0 Å². The Hall–Kier alpha value is -1.51. The zero-order valence-electron chi connectivity index (χ0n) is 10.0. The molecule has 0 spiro atoms. The monoisotopic (exact) mass is 222 g/mol. The highest BCUT2D eigenvalue weighted by molar-refractivity contribution is 5.77. The minimum absolute atomic E-state index is 0.185. The molecule has 1 unspecified atom stereocenters. The zero-order chi connectivity index (χ0) is 12.0. The van der Waals surface area contributed by atoms with E-state index >= 15 is 0 Å². The average molecular weight is 222 g/mol. The summed E-state index contributed by atoms with van der Waals surface area (Å²) in [6.45, 7) is 4.30. The van der Waals surface area contributed by atoms with Gasteiger partial charge < -0.3 is 9.47 Å². The number of rotatable bonds is 5. The molecule has 0 amide bonds. The van der Waals surface area contributed by atoms with E-state index < -0.39 is 0 Å². The van der Waals surface area contributed by atoms with Crippen molar-refractivity contribution in [3.8, 4) is 5.75 Å². The molecular weight excluding hydrogens is 204 g/mol. The normalized spacial score (nSPS) is 11.9. The van der Waals surface area contributed by atoms with Crippen LogP contribution in [0.1, 0.15) is 31.7 Å². The van der Waals surface area contributed by atoms with E-state index in [-0.39, 0.29) is 11.9 Å². The van der Waals surface area contributed by atoms with Crippen molar-refractivity contribution in [2.75, 3.05) is 13.7 Å². The number of esters is 1. The van der Waals surface area contributed by atoms with Crippen LogP contribution in [0, 0.1) is 0 Å². The minimum Gasteiger partial charge on any atom is -0.497 e. The summed E-state index contributed by atoms with van der Waals surface area (Å²) in [5.41, 5.74) is 0.917. The van der Waals surface area contributed by atoms with Crippen LogP contribution in [0.25, 0.3) is 0 Å². The summed E-state index contributed by atoms with van der Waals surface area (Å²) in [5, 5.41) is 0. The molecule has 1 aromatic carbocycles. The predicted molar refractivity (Wildman–Crippen MR) is 62.7 cm³/mol. The number of hydrogen-bond acceptors (Lipinski definition) is 3. The fraction of sp³-hybridized carbons (Fsp3) is 0.462. The van der Waals surface area contributed by atoms with E-state index in [0.717, 1.165) is 17.7 Å². The summed E-state index contributed by atoms with van der Waals surface area (Å²) in [7, 11) is 1.61. The Kier molecular flexibility index (Phi) is 4.83. The SMILES string of the molecule is CCCOC(=O)C(C)c1cccc(OC)c1. The van der Waals surface area contributed by atoms with Crippen LogP contribution >= 0.6 is 0 Å². The molecule has 0 N–H and O–H groups in total. The molecule has 0 heterocycles. The number of carbonyl (C=O) groups is 1. The first-order valence-corrected chi connectivity index (χ1v) is 5.49. The van der Waals surface area contributed by atoms with Crippen molar-refractivity contribution in [1.82, 2.24) is 0 Å². The molecule has 0 saturated carbocycles. The first-order valence-electron chi connectivity index (χ1n) is 5.49. The summed E-state index contributed by atoms with van der Waals surface area (Å²) in [4.78, 5) is 11.6. The average Bonchev–Trinajstić information content (AvgIpc) is 2.35. The summed E-state index contributed by atoms with van der Waals surface area (Å²) in [5.74, 6) is 0.324. The molecule has 88 valence electrons. The molecule has 0 aromatic heterocycles. The van der Waals surface area contributed by atoms with Gasteiger partial charge in [-0.25, -0.2) is 0 Å². The van der Waals surface area contributed by atoms with Crippen LogP contribution in [0.2, 0.25) is 0 Å². The molecule has 0 saturated heterocycles. The van der Waals surface area contributed by atoms with Gasteiger partial charge in [0.15, 0.2) is 0 Å². The molecule has 0 aliphatic rings. The molecule has 0 radical (unpaired) electrons. The van der Waals surface area contributed by atoms with Gasteiger partial charge in [0.25, 0.3) is 0 Å². The predicted octanol–water partition coefficient (Wildman–Crippen LogP) is 2.75. The number of carbonyl (C=O) groups excluding carboxylic acids is 1. The first-order chi connectivity index (χ1) is 7.69. The second-order valence-corrected chi connectivity index (χ2v) is 3.67. The molecule has 0 bridgehead atoms. The van der Waals surface area contributed by atoms with Gasteiger partial charge in [0.05, 0.1) is 19.6 Å². The summed E-state index contributed by atoms with van der Waals surface area (Å²) >= 11 is 0. The van der Waals surface area contributed by atoms with Gasteiger partial charge in [-0.05, 0) is 31.0 Å². The van der Waals surface area contributed by atoms with Gasteiger partial charge in [0.1, 0.15) is 5.75 Å². The highest BCUT2D eigenvalue weighted by Crippen LogP contribution is 2.21. The highest BCUT2D eigenvalue weighted by Gasteiger charge is 2.16. The maximum atomic E-state index is 11.6. The molecule has 1 atom stereocenters. The van der Waals surface area contributed by atoms with Crippen molar-refractivity contribution in [3.05, 3.63) is 29.8 Å². The Morgan fingerprint density at radius 3 is 2.81 bits per heavy atom. The van der Waals surface area contributed by atoms with Crippen LogP contribution in [-0.2, 0) is 9.53 Å². The van der Waals surface area contributed by atoms with E-state index in [4.69, 9.17) is 9.47 Å². The van der Waals surface area contributed by atoms with Crippen LogP contribution < -0.4 is 4.74 Å². The van der Waals surface area contributed by atoms with E-state index in [1.165, 1.54) is 0 Å². The van der Waals surface area contributed by atoms with Crippen molar-refractivity contribution in [1.29, 1.82) is 0 Å². The second kappa shape index (κ2) is 6.16. The molecule has 16 heavy (non-hydrogen) atoms. The fourth-order valence-electron chi connectivity index (χ4n) is 1.37. The van der Waals surface area contributed by atoms with Crippen molar-refractivity contribution in [2.24, 2.45) is 0 Å². The van der Waals surface area contributed by atoms with Gasteiger partial charge in [0.2, 0.25) is 0 Å². The summed E-state index contributed by atoms with van der Waals surface area (Å²) < 4.78 is 10.2. The lowest BCUT2D eigenvalue weighted by Gasteiger charge is -2.12. The third-order valence-corrected chi connectivity index (χ3v) is 2.40. The van der Waals surface area contributed by atoms with E-state index in [1.54, 1.807) is 7.11 Å². The lowest BCUT2D eigenvalue weighted by Crippen LogP contribution is -2.13. The topological polar surface area (TPSA) is 35.5 Å². The molecular formula is C13H18O3. The molecule has 3 heteroatoms. The Bertz CT molecular complexity index is 347. The van der Waals surface area contributed by atoms with E-state index in [2.05, 4.69) is 0 Å². The Labute approximate surface area is 96.4 Å². The van der Waals surface area contributed by atoms with Crippen molar-refractivity contribution in [3.63, 3.8) is 0 Å². The number of benzene rings is 1. The van der Waals surface area contributed by atoms with Crippen molar-refractivity contribution in [2.45, 2.75) is 26.2 Å². The standard InChI is InChI=1S/C13H18O3/c1-4-8-16-13(14)10(2)11-6-5-7-12(9-11)15-3/h5-7,9-10H,4,8H2,1-3H3. The summed E-state index contributed by atoms with van der Waals surface area (Å²) in [6.07, 6.45) is 0.844. The lowest BCUT2D eigenvalue weighted by molar-refractivity contribution is -0.145. The van der Waals surface area contributed by atoms with Gasteiger partial charge in [-0.3, -0.25) is 4.79 Å². The van der Waals surface area contributed by atoms with Crippen LogP contribution in [-0.4, -0.2) is 19.7 Å². The third-order valence-electron chi connectivity index (χ3n) is 2.40. The lowest BCUT2D eigenvalue weighted by atomic mass is 10.0. The van der Waals surface area contributed by atoms with Crippen LogP contribution in [0.5, 0.6) is 5.75 Å². The first kappa shape index (κ1) is 12.6. The zero-order valence-corrected chi connectivity index (χ0v) is 10.0. The fourth-order valence-corrected chi connectivity index (χ4v) is 1.37. The summed E-state index contributed by atoms with van der Waals surface area (Å²) in [6, 6.07) is 7.49. The van der Waals surface area contributed by atoms with Crippen LogP contribution in [0.15, 0.2) is 24.3 Å². The van der Waals surface area contributed by atoms with Crippen LogP contribution in [0.3, 0.4) is 0 Å². The smallest absolute Gasteiger partial charge is 0.313 e. The molecule has 0 fully saturated rings. The van der Waals surface area contributed by atoms with Crippen LogP contribution in [0.4, 0.5) is 0 Å². The quantitative estimate of drug-likeness (QED) is 0.719. The minimum atomic E-state index is -0.248. The Morgan fingerprint density at radius 1 is 1.44 bits per heavy atom. The van der Waals surface area contributed by atoms with Crippen molar-refractivity contribution >= 4 is 5.97 Å². The van der Waals surface area contributed by atoms with Gasteiger partial charge in [-0.1, -0.05) is 19.1 Å². The molecule has 1 rings (SSSR count). The van der Waals surface area contributed by atoms with Crippen molar-refractivity contribution < 1.29 is 14.3 Å². The number of hydrogen-bond donors (Lipinski definition) is 0.